The van der Waals surface area contributed by atoms with Gasteiger partial charge in [0.05, 0.1) is 6.61 Å². The summed E-state index contributed by atoms with van der Waals surface area (Å²) in [6.45, 7) is 4.69. The number of carbonyl (C=O) groups is 3. The standard InChI is InChI=1S/C9H15NO4/c1-4-7(12)10-8(6(3)11)9(13)14-5-2/h8H,4-5H2,1-3H3,(H,10,12)/t8-/m0/s1. The van der Waals surface area contributed by atoms with Crippen molar-refractivity contribution in [3.63, 3.8) is 0 Å². The van der Waals surface area contributed by atoms with Crippen LogP contribution < -0.4 is 5.32 Å². The number of Topliss-reactive ketones (excluding diaryl/α,β-unsaturated/α-hetero) is 1. The molecule has 0 aliphatic carbocycles. The monoisotopic (exact) mass is 201 g/mol. The Morgan fingerprint density at radius 3 is 2.21 bits per heavy atom. The van der Waals surface area contributed by atoms with Gasteiger partial charge in [0.1, 0.15) is 0 Å². The largest absolute Gasteiger partial charge is 0.464 e. The quantitative estimate of drug-likeness (QED) is 0.503. The molecule has 0 bridgehead atoms. The van der Waals surface area contributed by atoms with Gasteiger partial charge in [0.15, 0.2) is 11.8 Å². The van der Waals surface area contributed by atoms with Gasteiger partial charge >= 0.3 is 5.97 Å². The van der Waals surface area contributed by atoms with Crippen molar-refractivity contribution < 1.29 is 19.1 Å². The van der Waals surface area contributed by atoms with Crippen LogP contribution in [0, 0.1) is 0 Å². The Bertz CT molecular complexity index is 237. The van der Waals surface area contributed by atoms with E-state index in [4.69, 9.17) is 0 Å². The van der Waals surface area contributed by atoms with Gasteiger partial charge in [-0.3, -0.25) is 9.59 Å². The lowest BCUT2D eigenvalue weighted by Gasteiger charge is -2.13. The highest BCUT2D eigenvalue weighted by atomic mass is 16.5. The van der Waals surface area contributed by atoms with E-state index in [0.717, 1.165) is 0 Å². The maximum Gasteiger partial charge on any atom is 0.336 e. The minimum Gasteiger partial charge on any atom is -0.464 e. The zero-order valence-electron chi connectivity index (χ0n) is 8.62. The summed E-state index contributed by atoms with van der Waals surface area (Å²) in [6.07, 6.45) is 0.225. The van der Waals surface area contributed by atoms with Crippen LogP contribution in [0.2, 0.25) is 0 Å². The van der Waals surface area contributed by atoms with Crippen molar-refractivity contribution in [3.05, 3.63) is 0 Å². The first-order valence-electron chi connectivity index (χ1n) is 4.49. The molecule has 0 aromatic carbocycles. The Morgan fingerprint density at radius 1 is 1.29 bits per heavy atom. The number of ether oxygens (including phenoxy) is 1. The van der Waals surface area contributed by atoms with Gasteiger partial charge in [-0.1, -0.05) is 6.92 Å². The topological polar surface area (TPSA) is 72.5 Å². The average Bonchev–Trinajstić information content (AvgIpc) is 2.13. The zero-order chi connectivity index (χ0) is 11.1. The van der Waals surface area contributed by atoms with Crippen molar-refractivity contribution >= 4 is 17.7 Å². The number of hydrogen-bond acceptors (Lipinski definition) is 4. The molecule has 0 saturated heterocycles. The number of esters is 1. The summed E-state index contributed by atoms with van der Waals surface area (Å²) >= 11 is 0. The van der Waals surface area contributed by atoms with E-state index in [1.165, 1.54) is 6.92 Å². The van der Waals surface area contributed by atoms with Gasteiger partial charge in [-0.2, -0.15) is 0 Å². The second kappa shape index (κ2) is 6.12. The van der Waals surface area contributed by atoms with Crippen LogP contribution in [-0.4, -0.2) is 30.3 Å². The van der Waals surface area contributed by atoms with Crippen LogP contribution >= 0.6 is 0 Å². The molecule has 0 aromatic rings. The molecule has 0 aliphatic heterocycles. The molecule has 14 heavy (non-hydrogen) atoms. The molecule has 0 spiro atoms. The second-order valence-corrected chi connectivity index (χ2v) is 2.72. The first kappa shape index (κ1) is 12.6. The fourth-order valence-electron chi connectivity index (χ4n) is 0.815. The first-order chi connectivity index (χ1) is 6.52. The second-order valence-electron chi connectivity index (χ2n) is 2.72. The summed E-state index contributed by atoms with van der Waals surface area (Å²) in [6, 6.07) is -1.16. The van der Waals surface area contributed by atoms with Gasteiger partial charge in [-0.25, -0.2) is 4.79 Å². The summed E-state index contributed by atoms with van der Waals surface area (Å²) in [4.78, 5) is 33.1. The van der Waals surface area contributed by atoms with Crippen LogP contribution in [0.3, 0.4) is 0 Å². The smallest absolute Gasteiger partial charge is 0.336 e. The molecule has 1 amide bonds. The molecule has 0 rings (SSSR count). The Labute approximate surface area is 82.8 Å². The van der Waals surface area contributed by atoms with Crippen molar-refractivity contribution in [2.75, 3.05) is 6.61 Å². The summed E-state index contributed by atoms with van der Waals surface area (Å²) in [5.74, 6) is -1.48. The normalized spacial score (nSPS) is 11.6. The first-order valence-corrected chi connectivity index (χ1v) is 4.49. The maximum atomic E-state index is 11.2. The van der Waals surface area contributed by atoms with E-state index in [-0.39, 0.29) is 18.9 Å². The van der Waals surface area contributed by atoms with E-state index in [2.05, 4.69) is 10.1 Å². The third-order valence-corrected chi connectivity index (χ3v) is 1.56. The molecule has 0 saturated carbocycles. The number of nitrogens with one attached hydrogen (secondary N) is 1. The Kier molecular flexibility index (Phi) is 5.52. The minimum atomic E-state index is -1.16. The van der Waals surface area contributed by atoms with E-state index in [1.807, 2.05) is 0 Å². The molecule has 0 aromatic heterocycles. The SMILES string of the molecule is CCOC(=O)[C@@H](NC(=O)CC)C(C)=O. The fraction of sp³-hybridized carbons (Fsp3) is 0.667. The molecular weight excluding hydrogens is 186 g/mol. The lowest BCUT2D eigenvalue weighted by Crippen LogP contribution is -2.46. The molecule has 5 heteroatoms. The van der Waals surface area contributed by atoms with Crippen molar-refractivity contribution in [2.45, 2.75) is 33.2 Å². The molecule has 0 aliphatic rings. The van der Waals surface area contributed by atoms with E-state index in [0.29, 0.717) is 0 Å². The number of ketones is 1. The molecular formula is C9H15NO4. The summed E-state index contributed by atoms with van der Waals surface area (Å²) < 4.78 is 4.64. The Balaban J connectivity index is 4.36. The van der Waals surface area contributed by atoms with Crippen LogP contribution in [0.25, 0.3) is 0 Å². The van der Waals surface area contributed by atoms with Crippen molar-refractivity contribution in [2.24, 2.45) is 0 Å². The van der Waals surface area contributed by atoms with E-state index >= 15 is 0 Å². The Morgan fingerprint density at radius 2 is 1.86 bits per heavy atom. The van der Waals surface area contributed by atoms with Crippen LogP contribution in [0.4, 0.5) is 0 Å². The van der Waals surface area contributed by atoms with Gasteiger partial charge in [-0.05, 0) is 13.8 Å². The number of amides is 1. The van der Waals surface area contributed by atoms with Crippen LogP contribution in [-0.2, 0) is 19.1 Å². The van der Waals surface area contributed by atoms with E-state index < -0.39 is 17.8 Å². The van der Waals surface area contributed by atoms with Gasteiger partial charge in [0, 0.05) is 6.42 Å². The predicted molar refractivity (Wildman–Crippen MR) is 49.5 cm³/mol. The van der Waals surface area contributed by atoms with Crippen molar-refractivity contribution in [3.8, 4) is 0 Å². The number of rotatable bonds is 5. The lowest BCUT2D eigenvalue weighted by atomic mass is 10.2. The summed E-state index contributed by atoms with van der Waals surface area (Å²) in [5, 5.41) is 2.29. The van der Waals surface area contributed by atoms with Gasteiger partial charge in [0.25, 0.3) is 0 Å². The third kappa shape index (κ3) is 4.02. The minimum absolute atomic E-state index is 0.185. The van der Waals surface area contributed by atoms with Crippen LogP contribution in [0.15, 0.2) is 0 Å². The lowest BCUT2D eigenvalue weighted by molar-refractivity contribution is -0.150. The summed E-state index contributed by atoms with van der Waals surface area (Å²) in [5.41, 5.74) is 0. The average molecular weight is 201 g/mol. The fourth-order valence-corrected chi connectivity index (χ4v) is 0.815. The van der Waals surface area contributed by atoms with Gasteiger partial charge in [0.2, 0.25) is 5.91 Å². The molecule has 0 unspecified atom stereocenters. The van der Waals surface area contributed by atoms with Gasteiger partial charge in [-0.15, -0.1) is 0 Å². The van der Waals surface area contributed by atoms with Crippen molar-refractivity contribution in [1.82, 2.24) is 5.32 Å². The third-order valence-electron chi connectivity index (χ3n) is 1.56. The van der Waals surface area contributed by atoms with Gasteiger partial charge < -0.3 is 10.1 Å². The number of hydrogen-bond donors (Lipinski definition) is 1. The molecule has 5 nitrogen and oxygen atoms in total. The highest BCUT2D eigenvalue weighted by molar-refractivity contribution is 6.04. The molecule has 1 N–H and O–H groups in total. The predicted octanol–water partition coefficient (Wildman–Crippen LogP) is 0.0333. The summed E-state index contributed by atoms with van der Waals surface area (Å²) in [7, 11) is 0. The zero-order valence-corrected chi connectivity index (χ0v) is 8.62. The van der Waals surface area contributed by atoms with Crippen LogP contribution in [0.1, 0.15) is 27.2 Å². The molecule has 0 fully saturated rings. The van der Waals surface area contributed by atoms with E-state index in [9.17, 15) is 14.4 Å². The molecule has 0 radical (unpaired) electrons. The number of carbonyl (C=O) groups excluding carboxylic acids is 3. The molecule has 1 atom stereocenters. The molecule has 0 heterocycles. The van der Waals surface area contributed by atoms with E-state index in [1.54, 1.807) is 13.8 Å². The maximum absolute atomic E-state index is 11.2. The molecule has 80 valence electrons. The highest BCUT2D eigenvalue weighted by Crippen LogP contribution is 1.92. The van der Waals surface area contributed by atoms with Crippen molar-refractivity contribution in [1.29, 1.82) is 0 Å². The van der Waals surface area contributed by atoms with Crippen LogP contribution in [0.5, 0.6) is 0 Å². The Hall–Kier alpha value is -1.39. The highest BCUT2D eigenvalue weighted by Gasteiger charge is 2.25.